The van der Waals surface area contributed by atoms with Crippen molar-refractivity contribution >= 4 is 76.3 Å². The Morgan fingerprint density at radius 3 is 2.33 bits per heavy atom. The molecule has 1 saturated heterocycles. The molecule has 2 aromatic heterocycles. The van der Waals surface area contributed by atoms with Crippen molar-refractivity contribution in [2.75, 3.05) is 25.2 Å². The second kappa shape index (κ2) is 20.9. The molecule has 0 aliphatic carbocycles. The van der Waals surface area contributed by atoms with Crippen molar-refractivity contribution in [2.45, 2.75) is 94.5 Å². The van der Waals surface area contributed by atoms with Crippen molar-refractivity contribution in [2.24, 2.45) is 11.6 Å². The zero-order valence-electron chi connectivity index (χ0n) is 32.8. The second-order valence-electron chi connectivity index (χ2n) is 14.4. The number of carbonyl (C=O) groups excluding carboxylic acids is 2. The van der Waals surface area contributed by atoms with Crippen molar-refractivity contribution in [3.63, 3.8) is 0 Å². The Bertz CT molecular complexity index is 1950. The highest BCUT2D eigenvalue weighted by molar-refractivity contribution is 14.2. The number of hydrogen-bond acceptors (Lipinski definition) is 17. The van der Waals surface area contributed by atoms with Gasteiger partial charge in [0.25, 0.3) is 0 Å². The van der Waals surface area contributed by atoms with E-state index in [-0.39, 0.29) is 35.4 Å². The summed E-state index contributed by atoms with van der Waals surface area (Å²) < 4.78 is 36.4. The zero-order valence-corrected chi connectivity index (χ0v) is 37.4. The Balaban J connectivity index is 1.73. The lowest BCUT2D eigenvalue weighted by molar-refractivity contribution is -0.200. The molecule has 57 heavy (non-hydrogen) atoms. The van der Waals surface area contributed by atoms with Gasteiger partial charge in [-0.1, -0.05) is 48.0 Å². The maximum atomic E-state index is 13.3. The van der Waals surface area contributed by atoms with Crippen LogP contribution in [0.5, 0.6) is 0 Å². The van der Waals surface area contributed by atoms with Gasteiger partial charge in [-0.3, -0.25) is 0 Å². The SMILES string of the molecule is COC1C(Sc2cc(C#CSI)cnc2C#N)OC(C)COC(c2ccccc2)OC[C@H]1N(N)/C=C(\N)c1csc(N(C(=O)OC(C)(C)C)C(=O)OC(C)(C)C)n1. The fraction of sp³-hybridized carbons (Fsp3) is 0.447. The van der Waals surface area contributed by atoms with Crippen LogP contribution in [0, 0.1) is 22.5 Å². The molecule has 0 bridgehead atoms. The summed E-state index contributed by atoms with van der Waals surface area (Å²) in [6, 6.07) is 12.6. The van der Waals surface area contributed by atoms with Crippen LogP contribution < -0.4 is 16.5 Å². The van der Waals surface area contributed by atoms with Crippen LogP contribution in [0.4, 0.5) is 14.7 Å². The van der Waals surface area contributed by atoms with E-state index in [1.807, 2.05) is 37.3 Å². The summed E-state index contributed by atoms with van der Waals surface area (Å²) in [7, 11) is 2.85. The van der Waals surface area contributed by atoms with E-state index in [1.165, 1.54) is 39.0 Å². The van der Waals surface area contributed by atoms with Crippen molar-refractivity contribution in [1.29, 1.82) is 5.26 Å². The first kappa shape index (κ1) is 46.1. The molecule has 1 aliphatic rings. The molecule has 4 unspecified atom stereocenters. The minimum atomic E-state index is -0.966. The number of carbonyl (C=O) groups is 2. The number of methoxy groups -OCH3 is 1. The van der Waals surface area contributed by atoms with Gasteiger partial charge in [0, 0.05) is 62.1 Å². The van der Waals surface area contributed by atoms with E-state index in [2.05, 4.69) is 48.4 Å². The maximum absolute atomic E-state index is 13.3. The molecule has 2 amide bonds. The standard InChI is InChI=1S/C38H46IN7O8S3/c1-23-20-50-32(25-12-10-9-11-13-25)51-21-29(31(49-8)33(52-23)57-30-16-24(14-15-56-39)18-43-27(30)17-40)45(42)19-26(41)28-22-55-34(44-28)46(35(47)53-37(2,3)4)36(48)54-38(5,6)7/h9-13,16,18-19,22-23,29,31-33H,20-21,41-42H2,1-8H3/b26-19-/t23?,29-,31?,32?,33?/m1/s1. The third-order valence-electron chi connectivity index (χ3n) is 7.50. The molecular formula is C38H46IN7O8S3. The fourth-order valence-corrected chi connectivity index (χ4v) is 7.68. The van der Waals surface area contributed by atoms with E-state index in [9.17, 15) is 14.9 Å². The molecule has 5 atom stereocenters. The van der Waals surface area contributed by atoms with E-state index < -0.39 is 53.4 Å². The molecule has 0 saturated carbocycles. The number of anilines is 1. The fourth-order valence-electron chi connectivity index (χ4n) is 5.06. The van der Waals surface area contributed by atoms with Crippen LogP contribution in [-0.2, 0) is 28.4 Å². The first-order chi connectivity index (χ1) is 26.9. The van der Waals surface area contributed by atoms with Crippen LogP contribution in [0.15, 0.2) is 59.1 Å². The molecule has 15 nitrogen and oxygen atoms in total. The zero-order chi connectivity index (χ0) is 41.9. The third-order valence-corrected chi connectivity index (χ3v) is 10.3. The second-order valence-corrected chi connectivity index (χ2v) is 18.1. The van der Waals surface area contributed by atoms with Gasteiger partial charge in [0.05, 0.1) is 31.1 Å². The highest BCUT2D eigenvalue weighted by Crippen LogP contribution is 2.35. The van der Waals surface area contributed by atoms with Crippen molar-refractivity contribution in [3.8, 4) is 17.2 Å². The predicted molar refractivity (Wildman–Crippen MR) is 229 cm³/mol. The molecule has 4 N–H and O–H groups in total. The molecule has 1 aliphatic heterocycles. The van der Waals surface area contributed by atoms with Gasteiger partial charge < -0.3 is 39.2 Å². The van der Waals surface area contributed by atoms with Crippen LogP contribution in [0.25, 0.3) is 5.70 Å². The summed E-state index contributed by atoms with van der Waals surface area (Å²) in [5.74, 6) is 9.84. The maximum Gasteiger partial charge on any atom is 0.426 e. The molecule has 0 spiro atoms. The first-order valence-corrected chi connectivity index (χ1v) is 22.6. The molecule has 1 aromatic carbocycles. The van der Waals surface area contributed by atoms with Crippen molar-refractivity contribution < 1.29 is 38.0 Å². The highest BCUT2D eigenvalue weighted by atomic mass is 127. The van der Waals surface area contributed by atoms with Gasteiger partial charge in [-0.05, 0) is 68.7 Å². The summed E-state index contributed by atoms with van der Waals surface area (Å²) in [5, 5.41) is 15.8. The Kier molecular flexibility index (Phi) is 16.9. The summed E-state index contributed by atoms with van der Waals surface area (Å²) in [5.41, 5.74) is 5.89. The number of thiazole rings is 1. The lowest BCUT2D eigenvalue weighted by Gasteiger charge is -2.39. The van der Waals surface area contributed by atoms with Crippen LogP contribution in [0.2, 0.25) is 0 Å². The molecule has 0 radical (unpaired) electrons. The van der Waals surface area contributed by atoms with Gasteiger partial charge in [-0.25, -0.2) is 25.4 Å². The lowest BCUT2D eigenvalue weighted by Crippen LogP contribution is -2.54. The number of aromatic nitrogens is 2. The Morgan fingerprint density at radius 1 is 1.09 bits per heavy atom. The quantitative estimate of drug-likeness (QED) is 0.0970. The summed E-state index contributed by atoms with van der Waals surface area (Å²) in [4.78, 5) is 36.6. The average Bonchev–Trinajstić information content (AvgIpc) is 3.62. The number of benzene rings is 1. The van der Waals surface area contributed by atoms with E-state index in [4.69, 9.17) is 40.0 Å². The normalized spacial score (nSPS) is 20.6. The van der Waals surface area contributed by atoms with Crippen molar-refractivity contribution in [1.82, 2.24) is 15.0 Å². The predicted octanol–water partition coefficient (Wildman–Crippen LogP) is 7.56. The van der Waals surface area contributed by atoms with Gasteiger partial charge in [0.2, 0.25) is 5.13 Å². The number of halogens is 1. The minimum Gasteiger partial charge on any atom is -0.443 e. The number of amides is 2. The number of nitrogens with zero attached hydrogens (tertiary/aromatic N) is 5. The molecule has 4 rings (SSSR count). The van der Waals surface area contributed by atoms with Gasteiger partial charge in [0.1, 0.15) is 34.5 Å². The van der Waals surface area contributed by atoms with E-state index in [0.29, 0.717) is 10.5 Å². The lowest BCUT2D eigenvalue weighted by atomic mass is 10.1. The number of thioether (sulfide) groups is 1. The number of imide groups is 1. The largest absolute Gasteiger partial charge is 0.443 e. The number of nitrogens with two attached hydrogens (primary N) is 2. The molecule has 19 heteroatoms. The van der Waals surface area contributed by atoms with E-state index in [0.717, 1.165) is 21.8 Å². The van der Waals surface area contributed by atoms with Crippen LogP contribution >= 0.6 is 53.2 Å². The number of ether oxygens (including phenoxy) is 6. The summed E-state index contributed by atoms with van der Waals surface area (Å²) >= 11 is 4.30. The topological polar surface area (TPSA) is 198 Å². The molecule has 306 valence electrons. The smallest absolute Gasteiger partial charge is 0.426 e. The molecular weight excluding hydrogens is 906 g/mol. The Hall–Kier alpha value is -3.64. The molecule has 3 aromatic rings. The van der Waals surface area contributed by atoms with Gasteiger partial charge in [-0.15, -0.1) is 11.3 Å². The number of nitriles is 1. The number of hydrogen-bond donors (Lipinski definition) is 2. The van der Waals surface area contributed by atoms with E-state index in [1.54, 1.807) is 59.2 Å². The number of hydrazine groups is 1. The van der Waals surface area contributed by atoms with Crippen LogP contribution in [0.3, 0.4) is 0 Å². The van der Waals surface area contributed by atoms with Crippen LogP contribution in [0.1, 0.15) is 77.3 Å². The van der Waals surface area contributed by atoms with Gasteiger partial charge >= 0.3 is 12.2 Å². The molecule has 1 fully saturated rings. The Labute approximate surface area is 357 Å². The van der Waals surface area contributed by atoms with Gasteiger partial charge in [0.15, 0.2) is 12.0 Å². The van der Waals surface area contributed by atoms with Crippen LogP contribution in [-0.4, -0.2) is 82.4 Å². The van der Waals surface area contributed by atoms with E-state index >= 15 is 0 Å². The monoisotopic (exact) mass is 951 g/mol. The molecule has 3 heterocycles. The number of pyridine rings is 1. The minimum absolute atomic E-state index is 0.0298. The highest BCUT2D eigenvalue weighted by Gasteiger charge is 2.39. The van der Waals surface area contributed by atoms with Crippen molar-refractivity contribution in [3.05, 3.63) is 76.7 Å². The third kappa shape index (κ3) is 13.7. The first-order valence-electron chi connectivity index (χ1n) is 17.5. The number of rotatable bonds is 8. The van der Waals surface area contributed by atoms with Gasteiger partial charge in [-0.2, -0.15) is 10.2 Å². The average molecular weight is 952 g/mol. The summed E-state index contributed by atoms with van der Waals surface area (Å²) in [6.45, 7) is 12.1. The summed E-state index contributed by atoms with van der Waals surface area (Å²) in [6.07, 6.45) is -1.00. The Morgan fingerprint density at radius 2 is 1.74 bits per heavy atom.